The van der Waals surface area contributed by atoms with Gasteiger partial charge in [-0.3, -0.25) is 0 Å². The van der Waals surface area contributed by atoms with Gasteiger partial charge in [-0.1, -0.05) is 19.1 Å². The van der Waals surface area contributed by atoms with E-state index in [1.165, 1.54) is 19.3 Å². The number of hydrogen-bond acceptors (Lipinski definition) is 1. The highest BCUT2D eigenvalue weighted by atomic mass is 16.5. The molecule has 1 heteroatoms. The van der Waals surface area contributed by atoms with Crippen LogP contribution in [-0.2, 0) is 4.74 Å². The molecule has 0 saturated carbocycles. The number of rotatable bonds is 0. The Morgan fingerprint density at radius 2 is 2.33 bits per heavy atom. The maximum absolute atomic E-state index is 5.59. The summed E-state index contributed by atoms with van der Waals surface area (Å²) in [6.07, 6.45) is 8.61. The van der Waals surface area contributed by atoms with Crippen LogP contribution < -0.4 is 0 Å². The monoisotopic (exact) mass is 166 g/mol. The second kappa shape index (κ2) is 3.61. The second-order valence-electron chi connectivity index (χ2n) is 4.26. The first-order valence-electron chi connectivity index (χ1n) is 5.10. The highest BCUT2D eigenvalue weighted by Crippen LogP contribution is 2.32. The summed E-state index contributed by atoms with van der Waals surface area (Å²) in [5.74, 6) is 2.48. The molecule has 2 bridgehead atoms. The van der Waals surface area contributed by atoms with Gasteiger partial charge in [0.2, 0.25) is 0 Å². The van der Waals surface area contributed by atoms with Crippen LogP contribution in [0.3, 0.4) is 0 Å². The first-order chi connectivity index (χ1) is 5.86. The lowest BCUT2D eigenvalue weighted by Gasteiger charge is -2.26. The molecule has 1 fully saturated rings. The van der Waals surface area contributed by atoms with Gasteiger partial charge in [0.1, 0.15) is 0 Å². The fraction of sp³-hybridized carbons (Fsp3) is 0.818. The van der Waals surface area contributed by atoms with E-state index in [4.69, 9.17) is 4.74 Å². The third kappa shape index (κ3) is 1.71. The summed E-state index contributed by atoms with van der Waals surface area (Å²) in [6.45, 7) is 4.33. The van der Waals surface area contributed by atoms with E-state index in [1.54, 1.807) is 0 Å². The summed E-state index contributed by atoms with van der Waals surface area (Å²) >= 11 is 0. The number of hydrogen-bond donors (Lipinski definition) is 0. The molecule has 0 radical (unpaired) electrons. The fourth-order valence-electron chi connectivity index (χ4n) is 2.42. The Morgan fingerprint density at radius 1 is 1.42 bits per heavy atom. The van der Waals surface area contributed by atoms with E-state index in [9.17, 15) is 0 Å². The van der Waals surface area contributed by atoms with Crippen LogP contribution in [0.1, 0.15) is 26.2 Å². The molecule has 3 unspecified atom stereocenters. The van der Waals surface area contributed by atoms with E-state index in [2.05, 4.69) is 19.1 Å². The Balaban J connectivity index is 2.11. The second-order valence-corrected chi connectivity index (χ2v) is 4.26. The van der Waals surface area contributed by atoms with Crippen molar-refractivity contribution < 1.29 is 4.74 Å². The molecule has 2 rings (SSSR count). The van der Waals surface area contributed by atoms with Crippen molar-refractivity contribution >= 4 is 0 Å². The van der Waals surface area contributed by atoms with Gasteiger partial charge in [0, 0.05) is 12.5 Å². The maximum Gasteiger partial charge on any atom is 0.0528 e. The van der Waals surface area contributed by atoms with Crippen molar-refractivity contribution in [3.8, 4) is 0 Å². The van der Waals surface area contributed by atoms with E-state index < -0.39 is 0 Å². The molecule has 68 valence electrons. The fourth-order valence-corrected chi connectivity index (χ4v) is 2.42. The molecule has 1 aliphatic carbocycles. The Morgan fingerprint density at radius 3 is 3.25 bits per heavy atom. The molecule has 12 heavy (non-hydrogen) atoms. The molecule has 2 aliphatic rings. The quantitative estimate of drug-likeness (QED) is 0.503. The molecule has 1 aliphatic heterocycles. The van der Waals surface area contributed by atoms with Gasteiger partial charge in [-0.15, -0.1) is 0 Å². The van der Waals surface area contributed by atoms with Gasteiger partial charge >= 0.3 is 0 Å². The first-order valence-corrected chi connectivity index (χ1v) is 5.10. The van der Waals surface area contributed by atoms with Crippen LogP contribution in [0.5, 0.6) is 0 Å². The molecule has 3 atom stereocenters. The SMILES string of the molecule is CC1CC2C=CCC1CCOC2. The van der Waals surface area contributed by atoms with Crippen molar-refractivity contribution in [1.29, 1.82) is 0 Å². The minimum atomic E-state index is 0.699. The van der Waals surface area contributed by atoms with Crippen molar-refractivity contribution in [2.24, 2.45) is 17.8 Å². The number of ether oxygens (including phenoxy) is 1. The van der Waals surface area contributed by atoms with Crippen LogP contribution in [0.2, 0.25) is 0 Å². The first kappa shape index (κ1) is 8.31. The zero-order valence-electron chi connectivity index (χ0n) is 7.83. The Kier molecular flexibility index (Phi) is 2.50. The molecule has 0 aromatic heterocycles. The van der Waals surface area contributed by atoms with Crippen LogP contribution in [-0.4, -0.2) is 13.2 Å². The van der Waals surface area contributed by atoms with Crippen LogP contribution in [0.15, 0.2) is 12.2 Å². The average molecular weight is 166 g/mol. The van der Waals surface area contributed by atoms with Gasteiger partial charge < -0.3 is 4.74 Å². The lowest BCUT2D eigenvalue weighted by molar-refractivity contribution is 0.0663. The molecule has 0 aromatic carbocycles. The largest absolute Gasteiger partial charge is 0.381 e. The summed E-state index contributed by atoms with van der Waals surface area (Å²) in [4.78, 5) is 0. The maximum atomic E-state index is 5.59. The van der Waals surface area contributed by atoms with E-state index >= 15 is 0 Å². The molecule has 0 N–H and O–H groups in total. The van der Waals surface area contributed by atoms with Gasteiger partial charge in [-0.05, 0) is 31.1 Å². The molecule has 0 amide bonds. The molecular formula is C11H18O. The summed E-state index contributed by atoms with van der Waals surface area (Å²) in [5, 5.41) is 0. The van der Waals surface area contributed by atoms with Crippen molar-refractivity contribution in [2.45, 2.75) is 26.2 Å². The van der Waals surface area contributed by atoms with Crippen LogP contribution in [0, 0.1) is 17.8 Å². The van der Waals surface area contributed by atoms with Gasteiger partial charge in [0.05, 0.1) is 6.61 Å². The van der Waals surface area contributed by atoms with Crippen molar-refractivity contribution in [3.05, 3.63) is 12.2 Å². The standard InChI is InChI=1S/C11H18O/c1-9-7-10-3-2-4-11(9)5-6-12-8-10/h2-3,9-11H,4-8H2,1H3. The molecule has 0 aromatic rings. The number of allylic oxidation sites excluding steroid dienone is 1. The zero-order chi connectivity index (χ0) is 8.39. The summed E-state index contributed by atoms with van der Waals surface area (Å²) < 4.78 is 5.59. The van der Waals surface area contributed by atoms with Crippen LogP contribution >= 0.6 is 0 Å². The highest BCUT2D eigenvalue weighted by molar-refractivity contribution is 4.96. The minimum Gasteiger partial charge on any atom is -0.381 e. The van der Waals surface area contributed by atoms with Gasteiger partial charge in [-0.25, -0.2) is 0 Å². The molecule has 1 nitrogen and oxygen atoms in total. The van der Waals surface area contributed by atoms with E-state index in [0.717, 1.165) is 25.0 Å². The smallest absolute Gasteiger partial charge is 0.0528 e. The number of fused-ring (bicyclic) bond motifs is 3. The summed E-state index contributed by atoms with van der Waals surface area (Å²) in [7, 11) is 0. The molecular weight excluding hydrogens is 148 g/mol. The third-order valence-electron chi connectivity index (χ3n) is 3.29. The summed E-state index contributed by atoms with van der Waals surface area (Å²) in [6, 6.07) is 0. The van der Waals surface area contributed by atoms with Crippen molar-refractivity contribution in [1.82, 2.24) is 0 Å². The third-order valence-corrected chi connectivity index (χ3v) is 3.29. The Labute approximate surface area is 74.8 Å². The average Bonchev–Trinajstić information content (AvgIpc) is 2.18. The normalized spacial score (nSPS) is 41.9. The topological polar surface area (TPSA) is 9.23 Å². The molecule has 1 saturated heterocycles. The Bertz CT molecular complexity index is 174. The van der Waals surface area contributed by atoms with Crippen LogP contribution in [0.4, 0.5) is 0 Å². The lowest BCUT2D eigenvalue weighted by atomic mass is 9.84. The van der Waals surface area contributed by atoms with E-state index in [-0.39, 0.29) is 0 Å². The minimum absolute atomic E-state index is 0.699. The lowest BCUT2D eigenvalue weighted by Crippen LogP contribution is -2.21. The predicted molar refractivity (Wildman–Crippen MR) is 50.0 cm³/mol. The predicted octanol–water partition coefficient (Wildman–Crippen LogP) is 2.63. The van der Waals surface area contributed by atoms with E-state index in [1.807, 2.05) is 0 Å². The summed E-state index contributed by atoms with van der Waals surface area (Å²) in [5.41, 5.74) is 0. The van der Waals surface area contributed by atoms with Gasteiger partial charge in [0.25, 0.3) is 0 Å². The van der Waals surface area contributed by atoms with Gasteiger partial charge in [-0.2, -0.15) is 0 Å². The van der Waals surface area contributed by atoms with E-state index in [0.29, 0.717) is 5.92 Å². The van der Waals surface area contributed by atoms with Crippen LogP contribution in [0.25, 0.3) is 0 Å². The zero-order valence-corrected chi connectivity index (χ0v) is 7.83. The Hall–Kier alpha value is -0.300. The van der Waals surface area contributed by atoms with Crippen molar-refractivity contribution in [2.75, 3.05) is 13.2 Å². The van der Waals surface area contributed by atoms with Gasteiger partial charge in [0.15, 0.2) is 0 Å². The molecule has 0 spiro atoms. The molecule has 1 heterocycles. The van der Waals surface area contributed by atoms with Crippen molar-refractivity contribution in [3.63, 3.8) is 0 Å². The highest BCUT2D eigenvalue weighted by Gasteiger charge is 2.24.